The Morgan fingerprint density at radius 2 is 1.93 bits per heavy atom. The highest BCUT2D eigenvalue weighted by atomic mass is 35.6. The molecule has 0 aromatic heterocycles. The number of nitrogens with one attached hydrogen (secondary N) is 1. The number of carboxylic acid groups (broad SMARTS) is 1. The standard InChI is InChI=1S/C5H6Cl3NO5/c6-5(7,8)1-14-4(13)9-2(10)3(11)12/h2,10H,1H2,(H,9,13)(H,11,12). The Hall–Kier alpha value is -0.430. The summed E-state index contributed by atoms with van der Waals surface area (Å²) in [5, 5.41) is 18.3. The van der Waals surface area contributed by atoms with Crippen molar-refractivity contribution in [3.63, 3.8) is 0 Å². The van der Waals surface area contributed by atoms with E-state index in [9.17, 15) is 9.59 Å². The number of carbonyl (C=O) groups is 2. The molecule has 14 heavy (non-hydrogen) atoms. The molecule has 0 spiro atoms. The molecule has 0 saturated carbocycles. The van der Waals surface area contributed by atoms with Crippen molar-refractivity contribution in [3.8, 4) is 0 Å². The number of rotatable bonds is 3. The Balaban J connectivity index is 3.83. The molecule has 1 unspecified atom stereocenters. The van der Waals surface area contributed by atoms with E-state index in [4.69, 9.17) is 45.0 Å². The maximum Gasteiger partial charge on any atom is 0.409 e. The third-order valence-corrected chi connectivity index (χ3v) is 1.18. The van der Waals surface area contributed by atoms with E-state index in [1.54, 1.807) is 5.32 Å². The van der Waals surface area contributed by atoms with Crippen LogP contribution in [0.4, 0.5) is 4.79 Å². The summed E-state index contributed by atoms with van der Waals surface area (Å²) >= 11 is 15.7. The first-order valence-electron chi connectivity index (χ1n) is 3.13. The normalized spacial score (nSPS) is 13.1. The number of alkyl carbamates (subject to hydrolysis) is 1. The van der Waals surface area contributed by atoms with Crippen LogP contribution in [0.5, 0.6) is 0 Å². The lowest BCUT2D eigenvalue weighted by molar-refractivity contribution is -0.148. The van der Waals surface area contributed by atoms with Gasteiger partial charge in [-0.25, -0.2) is 9.59 Å². The van der Waals surface area contributed by atoms with Crippen LogP contribution in [-0.4, -0.2) is 38.9 Å². The van der Waals surface area contributed by atoms with Crippen LogP contribution in [0.25, 0.3) is 0 Å². The molecule has 6 nitrogen and oxygen atoms in total. The van der Waals surface area contributed by atoms with Gasteiger partial charge in [0.2, 0.25) is 10.0 Å². The molecule has 0 saturated heterocycles. The zero-order valence-corrected chi connectivity index (χ0v) is 8.81. The maximum atomic E-state index is 10.7. The number of alkyl halides is 3. The molecule has 0 bridgehead atoms. The van der Waals surface area contributed by atoms with Crippen molar-refractivity contribution in [2.75, 3.05) is 6.61 Å². The van der Waals surface area contributed by atoms with Crippen molar-refractivity contribution in [2.24, 2.45) is 0 Å². The van der Waals surface area contributed by atoms with Gasteiger partial charge < -0.3 is 14.9 Å². The van der Waals surface area contributed by atoms with Gasteiger partial charge in [0.1, 0.15) is 6.61 Å². The quantitative estimate of drug-likeness (QED) is 0.510. The van der Waals surface area contributed by atoms with Crippen LogP contribution in [0.1, 0.15) is 0 Å². The van der Waals surface area contributed by atoms with Crippen molar-refractivity contribution in [1.82, 2.24) is 5.32 Å². The van der Waals surface area contributed by atoms with Crippen molar-refractivity contribution >= 4 is 46.9 Å². The molecule has 0 heterocycles. The van der Waals surface area contributed by atoms with E-state index in [-0.39, 0.29) is 0 Å². The highest BCUT2D eigenvalue weighted by molar-refractivity contribution is 6.67. The number of halogens is 3. The summed E-state index contributed by atoms with van der Waals surface area (Å²) in [5.74, 6) is -1.63. The van der Waals surface area contributed by atoms with Gasteiger partial charge in [0.25, 0.3) is 0 Å². The van der Waals surface area contributed by atoms with Gasteiger partial charge in [-0.05, 0) is 0 Å². The highest BCUT2D eigenvalue weighted by Gasteiger charge is 2.23. The average Bonchev–Trinajstić information content (AvgIpc) is 1.99. The summed E-state index contributed by atoms with van der Waals surface area (Å²) < 4.78 is 2.47. The van der Waals surface area contributed by atoms with E-state index in [2.05, 4.69) is 4.74 Å². The number of carbonyl (C=O) groups excluding carboxylic acids is 1. The van der Waals surface area contributed by atoms with Crippen LogP contribution >= 0.6 is 34.8 Å². The number of amides is 1. The lowest BCUT2D eigenvalue weighted by Gasteiger charge is -2.12. The van der Waals surface area contributed by atoms with Crippen LogP contribution in [0.15, 0.2) is 0 Å². The Morgan fingerprint density at radius 1 is 1.43 bits per heavy atom. The number of ether oxygens (including phenoxy) is 1. The molecule has 0 rings (SSSR count). The lowest BCUT2D eigenvalue weighted by atomic mass is 10.6. The largest absolute Gasteiger partial charge is 0.478 e. The van der Waals surface area contributed by atoms with Crippen LogP contribution in [0.2, 0.25) is 0 Å². The van der Waals surface area contributed by atoms with Gasteiger partial charge in [-0.1, -0.05) is 34.8 Å². The van der Waals surface area contributed by atoms with Crippen LogP contribution in [0.3, 0.4) is 0 Å². The Kier molecular flexibility index (Phi) is 5.28. The smallest absolute Gasteiger partial charge is 0.409 e. The number of carboxylic acids is 1. The van der Waals surface area contributed by atoms with Crippen molar-refractivity contribution in [3.05, 3.63) is 0 Å². The predicted molar refractivity (Wildman–Crippen MR) is 48.4 cm³/mol. The molecular formula is C5H6Cl3NO5. The van der Waals surface area contributed by atoms with E-state index in [1.807, 2.05) is 0 Å². The second kappa shape index (κ2) is 5.45. The molecular weight excluding hydrogens is 260 g/mol. The molecule has 1 amide bonds. The van der Waals surface area contributed by atoms with E-state index in [1.165, 1.54) is 0 Å². The zero-order chi connectivity index (χ0) is 11.4. The van der Waals surface area contributed by atoms with E-state index >= 15 is 0 Å². The van der Waals surface area contributed by atoms with E-state index < -0.39 is 28.7 Å². The zero-order valence-electron chi connectivity index (χ0n) is 6.54. The summed E-state index contributed by atoms with van der Waals surface area (Å²) in [7, 11) is 0. The third-order valence-electron chi connectivity index (χ3n) is 0.855. The number of aliphatic hydroxyl groups excluding tert-OH is 1. The lowest BCUT2D eigenvalue weighted by Crippen LogP contribution is -2.41. The van der Waals surface area contributed by atoms with Crippen molar-refractivity contribution in [2.45, 2.75) is 10.0 Å². The highest BCUT2D eigenvalue weighted by Crippen LogP contribution is 2.25. The van der Waals surface area contributed by atoms with Gasteiger partial charge in [0.15, 0.2) is 0 Å². The fourth-order valence-electron chi connectivity index (χ4n) is 0.362. The number of hydrogen-bond donors (Lipinski definition) is 3. The number of aliphatic carboxylic acids is 1. The average molecular weight is 266 g/mol. The Morgan fingerprint density at radius 3 is 2.29 bits per heavy atom. The van der Waals surface area contributed by atoms with Gasteiger partial charge in [0, 0.05) is 0 Å². The van der Waals surface area contributed by atoms with Crippen LogP contribution in [0, 0.1) is 0 Å². The van der Waals surface area contributed by atoms with Crippen LogP contribution < -0.4 is 5.32 Å². The van der Waals surface area contributed by atoms with Gasteiger partial charge in [-0.2, -0.15) is 0 Å². The van der Waals surface area contributed by atoms with Crippen molar-refractivity contribution < 1.29 is 24.5 Å². The Labute approximate surface area is 93.7 Å². The predicted octanol–water partition coefficient (Wildman–Crippen LogP) is 0.486. The van der Waals surface area contributed by atoms with Gasteiger partial charge in [0.05, 0.1) is 0 Å². The molecule has 1 atom stereocenters. The molecule has 82 valence electrons. The van der Waals surface area contributed by atoms with Gasteiger partial charge in [-0.3, -0.25) is 5.32 Å². The van der Waals surface area contributed by atoms with Crippen molar-refractivity contribution in [1.29, 1.82) is 0 Å². The molecule has 0 aliphatic heterocycles. The SMILES string of the molecule is O=C(NC(O)C(=O)O)OCC(Cl)(Cl)Cl. The molecule has 9 heteroatoms. The molecule has 0 aromatic rings. The molecule has 0 aliphatic rings. The fraction of sp³-hybridized carbons (Fsp3) is 0.600. The first kappa shape index (κ1) is 13.6. The first-order valence-corrected chi connectivity index (χ1v) is 4.26. The second-order valence-electron chi connectivity index (χ2n) is 2.08. The topological polar surface area (TPSA) is 95.9 Å². The van der Waals surface area contributed by atoms with E-state index in [0.717, 1.165) is 0 Å². The molecule has 0 aliphatic carbocycles. The second-order valence-corrected chi connectivity index (χ2v) is 4.59. The maximum absolute atomic E-state index is 10.7. The molecule has 0 radical (unpaired) electrons. The summed E-state index contributed by atoms with van der Waals surface area (Å²) in [6.45, 7) is -0.560. The molecule has 0 fully saturated rings. The Bertz CT molecular complexity index is 228. The molecule has 3 N–H and O–H groups in total. The first-order chi connectivity index (χ1) is 6.22. The minimum atomic E-state index is -2.06. The third kappa shape index (κ3) is 7.02. The minimum Gasteiger partial charge on any atom is -0.478 e. The molecule has 0 aromatic carbocycles. The van der Waals surface area contributed by atoms with E-state index in [0.29, 0.717) is 0 Å². The van der Waals surface area contributed by atoms with Crippen LogP contribution in [-0.2, 0) is 9.53 Å². The summed E-state index contributed by atoms with van der Waals surface area (Å²) in [4.78, 5) is 20.7. The van der Waals surface area contributed by atoms with Gasteiger partial charge >= 0.3 is 12.1 Å². The van der Waals surface area contributed by atoms with Gasteiger partial charge in [-0.15, -0.1) is 0 Å². The summed E-state index contributed by atoms with van der Waals surface area (Å²) in [5.41, 5.74) is 0. The summed E-state index contributed by atoms with van der Waals surface area (Å²) in [6.07, 6.45) is -3.26. The minimum absolute atomic E-state index is 0.560. The fourth-order valence-corrected chi connectivity index (χ4v) is 0.526. The monoisotopic (exact) mass is 265 g/mol. The number of hydrogen-bond acceptors (Lipinski definition) is 4. The summed E-state index contributed by atoms with van der Waals surface area (Å²) in [6, 6.07) is 0. The number of aliphatic hydroxyl groups is 1.